The zero-order chi connectivity index (χ0) is 21.7. The zero-order valence-corrected chi connectivity index (χ0v) is 17.6. The van der Waals surface area contributed by atoms with Gasteiger partial charge in [-0.1, -0.05) is 44.4 Å². The van der Waals surface area contributed by atoms with Crippen LogP contribution in [-0.2, 0) is 17.8 Å². The predicted octanol–water partition coefficient (Wildman–Crippen LogP) is 2.45. The molecule has 0 spiro atoms. The molecule has 1 heterocycles. The Morgan fingerprint density at radius 2 is 1.97 bits per heavy atom. The smallest absolute Gasteiger partial charge is 0.330 e. The lowest BCUT2D eigenvalue weighted by atomic mass is 10.1. The maximum atomic E-state index is 13.5. The van der Waals surface area contributed by atoms with E-state index >= 15 is 0 Å². The highest BCUT2D eigenvalue weighted by atomic mass is 16.5. The fourth-order valence-electron chi connectivity index (χ4n) is 4.12. The van der Waals surface area contributed by atoms with Crippen molar-refractivity contribution in [2.24, 2.45) is 0 Å². The fraction of sp³-hybridized carbons (Fsp3) is 0.500. The van der Waals surface area contributed by atoms with Gasteiger partial charge in [-0.2, -0.15) is 0 Å². The molecule has 8 heteroatoms. The molecule has 1 aliphatic carbocycles. The summed E-state index contributed by atoms with van der Waals surface area (Å²) in [6.07, 6.45) is 5.25. The van der Waals surface area contributed by atoms with Crippen molar-refractivity contribution in [2.75, 3.05) is 17.7 Å². The third kappa shape index (κ3) is 4.42. The number of nitrogens with zero attached hydrogens (tertiary/aromatic N) is 2. The first-order valence-corrected chi connectivity index (χ1v) is 10.5. The Hall–Kier alpha value is -3.03. The minimum absolute atomic E-state index is 0.0532. The highest BCUT2D eigenvalue weighted by Crippen LogP contribution is 2.30. The molecule has 0 radical (unpaired) electrons. The van der Waals surface area contributed by atoms with E-state index in [1.54, 1.807) is 13.2 Å². The van der Waals surface area contributed by atoms with E-state index in [0.717, 1.165) is 44.1 Å². The normalized spacial score (nSPS) is 14.1. The molecule has 8 nitrogen and oxygen atoms in total. The van der Waals surface area contributed by atoms with E-state index < -0.39 is 11.2 Å². The average molecular weight is 415 g/mol. The Kier molecular flexibility index (Phi) is 6.97. The van der Waals surface area contributed by atoms with Gasteiger partial charge in [-0.15, -0.1) is 0 Å². The van der Waals surface area contributed by atoms with Crippen LogP contribution in [0.1, 0.15) is 51.0 Å². The van der Waals surface area contributed by atoms with Crippen LogP contribution < -0.4 is 26.6 Å². The number of benzene rings is 1. The third-order valence-electron chi connectivity index (χ3n) is 5.68. The van der Waals surface area contributed by atoms with Gasteiger partial charge in [0.1, 0.15) is 11.6 Å². The zero-order valence-electron chi connectivity index (χ0n) is 17.6. The second kappa shape index (κ2) is 9.65. The van der Waals surface area contributed by atoms with Gasteiger partial charge < -0.3 is 15.4 Å². The largest absolute Gasteiger partial charge is 0.496 e. The Morgan fingerprint density at radius 3 is 2.63 bits per heavy atom. The van der Waals surface area contributed by atoms with Crippen molar-refractivity contribution in [1.29, 1.82) is 0 Å². The summed E-state index contributed by atoms with van der Waals surface area (Å²) < 4.78 is 6.73. The fourth-order valence-corrected chi connectivity index (χ4v) is 4.12. The van der Waals surface area contributed by atoms with Gasteiger partial charge in [-0.3, -0.25) is 19.1 Å². The number of carbonyl (C=O) groups excluding carboxylic acids is 1. The number of nitrogens with two attached hydrogens (primary N) is 1. The van der Waals surface area contributed by atoms with Crippen LogP contribution in [0.2, 0.25) is 0 Å². The Bertz CT molecular complexity index is 1000. The molecular weight excluding hydrogens is 384 g/mol. The molecule has 1 aromatic carbocycles. The Labute approximate surface area is 175 Å². The number of rotatable bonds is 8. The van der Waals surface area contributed by atoms with Crippen LogP contribution in [0.25, 0.3) is 0 Å². The number of ether oxygens (including phenoxy) is 1. The second-order valence-corrected chi connectivity index (χ2v) is 7.69. The van der Waals surface area contributed by atoms with Crippen molar-refractivity contribution < 1.29 is 9.53 Å². The number of anilines is 2. The van der Waals surface area contributed by atoms with Crippen LogP contribution in [0.3, 0.4) is 0 Å². The van der Waals surface area contributed by atoms with Crippen molar-refractivity contribution in [1.82, 2.24) is 9.55 Å². The molecule has 1 amide bonds. The summed E-state index contributed by atoms with van der Waals surface area (Å²) in [5.41, 5.74) is 5.96. The van der Waals surface area contributed by atoms with Crippen molar-refractivity contribution in [3.8, 4) is 5.75 Å². The molecule has 30 heavy (non-hydrogen) atoms. The van der Waals surface area contributed by atoms with E-state index in [9.17, 15) is 14.4 Å². The summed E-state index contributed by atoms with van der Waals surface area (Å²) in [4.78, 5) is 42.4. The molecule has 1 fully saturated rings. The van der Waals surface area contributed by atoms with E-state index in [0.29, 0.717) is 12.3 Å². The number of nitrogen functional groups attached to an aromatic ring is 1. The molecule has 1 saturated carbocycles. The molecule has 1 aliphatic rings. The lowest BCUT2D eigenvalue weighted by Crippen LogP contribution is -2.46. The highest BCUT2D eigenvalue weighted by Gasteiger charge is 2.32. The van der Waals surface area contributed by atoms with Gasteiger partial charge in [0.05, 0.1) is 13.5 Å². The monoisotopic (exact) mass is 414 g/mol. The van der Waals surface area contributed by atoms with Crippen LogP contribution >= 0.6 is 0 Å². The van der Waals surface area contributed by atoms with Crippen molar-refractivity contribution in [3.63, 3.8) is 0 Å². The SMILES string of the molecule is CCCCn1c(N)c(N(C(=O)Cc2ccccc2OC)C2CCCC2)c(=O)[nH]c1=O. The molecule has 0 aliphatic heterocycles. The molecule has 2 aromatic rings. The quantitative estimate of drug-likeness (QED) is 0.689. The molecule has 0 bridgehead atoms. The Balaban J connectivity index is 2.05. The molecule has 0 saturated heterocycles. The summed E-state index contributed by atoms with van der Waals surface area (Å²) in [6.45, 7) is 2.40. The van der Waals surface area contributed by atoms with Gasteiger partial charge >= 0.3 is 5.69 Å². The Morgan fingerprint density at radius 1 is 1.27 bits per heavy atom. The van der Waals surface area contributed by atoms with Gasteiger partial charge in [-0.05, 0) is 25.3 Å². The molecule has 3 N–H and O–H groups in total. The minimum atomic E-state index is -0.620. The number of unbranched alkanes of at least 4 members (excludes halogenated alkanes) is 1. The number of nitrogens with one attached hydrogen (secondary N) is 1. The topological polar surface area (TPSA) is 110 Å². The van der Waals surface area contributed by atoms with Crippen molar-refractivity contribution >= 4 is 17.4 Å². The highest BCUT2D eigenvalue weighted by molar-refractivity contribution is 5.97. The van der Waals surface area contributed by atoms with Crippen LogP contribution in [0.5, 0.6) is 5.75 Å². The molecule has 3 rings (SSSR count). The first-order chi connectivity index (χ1) is 14.5. The maximum Gasteiger partial charge on any atom is 0.330 e. The number of aromatic amines is 1. The molecular formula is C22H30N4O4. The number of para-hydroxylation sites is 1. The standard InChI is InChI=1S/C22H30N4O4/c1-3-4-13-25-20(23)19(21(28)24-22(25)29)26(16-10-6-7-11-16)18(27)14-15-9-5-8-12-17(15)30-2/h5,8-9,12,16H,3-4,6-7,10-11,13-14,23H2,1-2H3,(H,24,28,29). The van der Waals surface area contributed by atoms with E-state index in [1.807, 2.05) is 25.1 Å². The van der Waals surface area contributed by atoms with Crippen LogP contribution in [0.15, 0.2) is 33.9 Å². The molecule has 1 aromatic heterocycles. The summed E-state index contributed by atoms with van der Waals surface area (Å²) in [7, 11) is 1.56. The minimum Gasteiger partial charge on any atom is -0.496 e. The number of carbonyl (C=O) groups is 1. The third-order valence-corrected chi connectivity index (χ3v) is 5.68. The number of hydrogen-bond acceptors (Lipinski definition) is 5. The lowest BCUT2D eigenvalue weighted by Gasteiger charge is -2.30. The van der Waals surface area contributed by atoms with E-state index in [1.165, 1.54) is 9.47 Å². The van der Waals surface area contributed by atoms with E-state index in [-0.39, 0.29) is 29.9 Å². The number of amides is 1. The number of hydrogen-bond donors (Lipinski definition) is 2. The average Bonchev–Trinajstić information content (AvgIpc) is 3.25. The van der Waals surface area contributed by atoms with Gasteiger partial charge in [-0.25, -0.2) is 4.79 Å². The second-order valence-electron chi connectivity index (χ2n) is 7.69. The predicted molar refractivity (Wildman–Crippen MR) is 117 cm³/mol. The summed E-state index contributed by atoms with van der Waals surface area (Å²) in [5, 5.41) is 0. The lowest BCUT2D eigenvalue weighted by molar-refractivity contribution is -0.118. The van der Waals surface area contributed by atoms with Crippen LogP contribution in [0, 0.1) is 0 Å². The molecule has 0 atom stereocenters. The first-order valence-electron chi connectivity index (χ1n) is 10.5. The molecule has 0 unspecified atom stereocenters. The van der Waals surface area contributed by atoms with Crippen molar-refractivity contribution in [2.45, 2.75) is 64.5 Å². The number of methoxy groups -OCH3 is 1. The van der Waals surface area contributed by atoms with Gasteiger partial charge in [0, 0.05) is 18.2 Å². The summed E-state index contributed by atoms with van der Waals surface area (Å²) in [5.74, 6) is 0.439. The maximum absolute atomic E-state index is 13.5. The van der Waals surface area contributed by atoms with E-state index in [2.05, 4.69) is 4.98 Å². The summed E-state index contributed by atoms with van der Waals surface area (Å²) >= 11 is 0. The van der Waals surface area contributed by atoms with Crippen LogP contribution in [0.4, 0.5) is 11.5 Å². The molecule has 162 valence electrons. The van der Waals surface area contributed by atoms with Crippen LogP contribution in [-0.4, -0.2) is 28.6 Å². The number of aromatic nitrogens is 2. The van der Waals surface area contributed by atoms with Gasteiger partial charge in [0.2, 0.25) is 5.91 Å². The van der Waals surface area contributed by atoms with Gasteiger partial charge in [0.15, 0.2) is 5.69 Å². The van der Waals surface area contributed by atoms with E-state index in [4.69, 9.17) is 10.5 Å². The summed E-state index contributed by atoms with van der Waals surface area (Å²) in [6, 6.07) is 7.20. The van der Waals surface area contributed by atoms with Crippen molar-refractivity contribution in [3.05, 3.63) is 50.7 Å². The number of H-pyrrole nitrogens is 1. The van der Waals surface area contributed by atoms with Gasteiger partial charge in [0.25, 0.3) is 5.56 Å². The first kappa shape index (κ1) is 21.7.